The van der Waals surface area contributed by atoms with Crippen LogP contribution in [0.15, 0.2) is 48.5 Å². The summed E-state index contributed by atoms with van der Waals surface area (Å²) < 4.78 is 22.9. The first kappa shape index (κ1) is 18.0. The number of halogens is 1. The Labute approximate surface area is 155 Å². The van der Waals surface area contributed by atoms with Crippen molar-refractivity contribution in [2.24, 2.45) is 0 Å². The topological polar surface area (TPSA) is 64.1 Å². The molecule has 0 radical (unpaired) electrons. The van der Waals surface area contributed by atoms with Gasteiger partial charge in [0.1, 0.15) is 11.6 Å². The van der Waals surface area contributed by atoms with Crippen molar-refractivity contribution in [2.45, 2.75) is 26.4 Å². The largest absolute Gasteiger partial charge is 0.481 e. The van der Waals surface area contributed by atoms with Crippen molar-refractivity contribution in [1.82, 2.24) is 9.36 Å². The number of hydrogen-bond acceptors (Lipinski definition) is 5. The van der Waals surface area contributed by atoms with E-state index in [1.165, 1.54) is 24.3 Å². The molecule has 1 heterocycles. The van der Waals surface area contributed by atoms with Crippen LogP contribution in [0.1, 0.15) is 18.9 Å². The number of aryl methyl sites for hydroxylation is 1. The lowest BCUT2D eigenvalue weighted by Gasteiger charge is -2.16. The summed E-state index contributed by atoms with van der Waals surface area (Å²) in [4.78, 5) is 16.8. The van der Waals surface area contributed by atoms with Gasteiger partial charge in [-0.1, -0.05) is 36.8 Å². The van der Waals surface area contributed by atoms with Gasteiger partial charge < -0.3 is 4.74 Å². The van der Waals surface area contributed by atoms with Gasteiger partial charge in [-0.3, -0.25) is 10.1 Å². The predicted molar refractivity (Wildman–Crippen MR) is 99.8 cm³/mol. The van der Waals surface area contributed by atoms with Crippen molar-refractivity contribution < 1.29 is 13.9 Å². The number of benzene rings is 2. The number of carbonyl (C=O) groups excluding carboxylic acids is 1. The maximum absolute atomic E-state index is 13.0. The van der Waals surface area contributed by atoms with Gasteiger partial charge in [-0.15, -0.1) is 0 Å². The first-order valence-electron chi connectivity index (χ1n) is 8.19. The van der Waals surface area contributed by atoms with Crippen LogP contribution in [0.3, 0.4) is 0 Å². The number of amides is 1. The first-order chi connectivity index (χ1) is 12.5. The standard InChI is InChI=1S/C19H18FN3O2S/c1-3-16(25-15-10-8-14(20)9-11-15)18(24)22-19-21-17(23-26-19)13-6-4-12(2)5-7-13/h4-11,16H,3H2,1-2H3,(H,21,22,23,24). The molecule has 0 spiro atoms. The summed E-state index contributed by atoms with van der Waals surface area (Å²) in [6.45, 7) is 3.85. The number of rotatable bonds is 6. The number of nitrogens with one attached hydrogen (secondary N) is 1. The first-order valence-corrected chi connectivity index (χ1v) is 8.96. The molecule has 1 N–H and O–H groups in total. The van der Waals surface area contributed by atoms with Crippen LogP contribution in [-0.4, -0.2) is 21.4 Å². The normalized spacial score (nSPS) is 11.8. The van der Waals surface area contributed by atoms with Crippen molar-refractivity contribution in [3.05, 3.63) is 59.9 Å². The third-order valence-corrected chi connectivity index (χ3v) is 4.35. The van der Waals surface area contributed by atoms with E-state index in [0.717, 1.165) is 22.7 Å². The Morgan fingerprint density at radius 3 is 2.54 bits per heavy atom. The van der Waals surface area contributed by atoms with Gasteiger partial charge >= 0.3 is 0 Å². The molecule has 0 saturated carbocycles. The van der Waals surface area contributed by atoms with Crippen molar-refractivity contribution >= 4 is 22.6 Å². The number of aromatic nitrogens is 2. The van der Waals surface area contributed by atoms with Crippen molar-refractivity contribution in [1.29, 1.82) is 0 Å². The molecule has 0 saturated heterocycles. The molecule has 3 aromatic rings. The molecule has 3 rings (SSSR count). The molecule has 0 aliphatic heterocycles. The third kappa shape index (κ3) is 4.43. The second-order valence-electron chi connectivity index (χ2n) is 5.75. The van der Waals surface area contributed by atoms with E-state index in [-0.39, 0.29) is 11.7 Å². The Morgan fingerprint density at radius 2 is 1.88 bits per heavy atom. The summed E-state index contributed by atoms with van der Waals surface area (Å²) >= 11 is 1.11. The van der Waals surface area contributed by atoms with Gasteiger partial charge in [-0.2, -0.15) is 9.36 Å². The average molecular weight is 371 g/mol. The van der Waals surface area contributed by atoms with Crippen LogP contribution in [-0.2, 0) is 4.79 Å². The van der Waals surface area contributed by atoms with E-state index in [1.54, 1.807) is 0 Å². The molecule has 0 aliphatic carbocycles. The zero-order valence-corrected chi connectivity index (χ0v) is 15.2. The lowest BCUT2D eigenvalue weighted by atomic mass is 10.1. The van der Waals surface area contributed by atoms with Crippen LogP contribution in [0.5, 0.6) is 5.75 Å². The number of carbonyl (C=O) groups is 1. The molecule has 26 heavy (non-hydrogen) atoms. The van der Waals surface area contributed by atoms with E-state index in [0.29, 0.717) is 23.1 Å². The maximum Gasteiger partial charge on any atom is 0.267 e. The van der Waals surface area contributed by atoms with E-state index in [9.17, 15) is 9.18 Å². The molecule has 0 fully saturated rings. The lowest BCUT2D eigenvalue weighted by Crippen LogP contribution is -2.32. The fraction of sp³-hybridized carbons (Fsp3) is 0.211. The molecule has 1 atom stereocenters. The number of nitrogens with zero attached hydrogens (tertiary/aromatic N) is 2. The highest BCUT2D eigenvalue weighted by atomic mass is 32.1. The van der Waals surface area contributed by atoms with E-state index >= 15 is 0 Å². The van der Waals surface area contributed by atoms with Crippen molar-refractivity contribution in [3.8, 4) is 17.1 Å². The van der Waals surface area contributed by atoms with Gasteiger partial charge in [0, 0.05) is 17.1 Å². The minimum atomic E-state index is -0.702. The zero-order chi connectivity index (χ0) is 18.5. The van der Waals surface area contributed by atoms with Gasteiger partial charge in [0.25, 0.3) is 5.91 Å². The molecule has 0 bridgehead atoms. The van der Waals surface area contributed by atoms with Crippen LogP contribution < -0.4 is 10.1 Å². The molecule has 1 aromatic heterocycles. The molecule has 0 aliphatic rings. The number of hydrogen-bond donors (Lipinski definition) is 1. The Bertz CT molecular complexity index is 879. The highest BCUT2D eigenvalue weighted by molar-refractivity contribution is 7.10. The van der Waals surface area contributed by atoms with Crippen LogP contribution >= 0.6 is 11.5 Å². The van der Waals surface area contributed by atoms with Crippen LogP contribution in [0, 0.1) is 12.7 Å². The van der Waals surface area contributed by atoms with Gasteiger partial charge in [0.2, 0.25) is 5.13 Å². The van der Waals surface area contributed by atoms with Gasteiger partial charge in [-0.05, 0) is 37.6 Å². The quantitative estimate of drug-likeness (QED) is 0.695. The lowest BCUT2D eigenvalue weighted by molar-refractivity contribution is -0.122. The second-order valence-corrected chi connectivity index (χ2v) is 6.50. The highest BCUT2D eigenvalue weighted by Crippen LogP contribution is 2.22. The zero-order valence-electron chi connectivity index (χ0n) is 14.4. The summed E-state index contributed by atoms with van der Waals surface area (Å²) in [6, 6.07) is 13.4. The predicted octanol–water partition coefficient (Wildman–Crippen LogP) is 4.45. The molecule has 134 valence electrons. The summed E-state index contributed by atoms with van der Waals surface area (Å²) in [7, 11) is 0. The molecule has 2 aromatic carbocycles. The summed E-state index contributed by atoms with van der Waals surface area (Å²) in [5.41, 5.74) is 2.04. The van der Waals surface area contributed by atoms with Crippen LogP contribution in [0.2, 0.25) is 0 Å². The number of ether oxygens (including phenoxy) is 1. The minimum absolute atomic E-state index is 0.316. The van der Waals surface area contributed by atoms with Crippen molar-refractivity contribution in [3.63, 3.8) is 0 Å². The van der Waals surface area contributed by atoms with E-state index in [2.05, 4.69) is 14.7 Å². The fourth-order valence-corrected chi connectivity index (χ4v) is 2.87. The van der Waals surface area contributed by atoms with Gasteiger partial charge in [0.05, 0.1) is 0 Å². The summed E-state index contributed by atoms with van der Waals surface area (Å²) in [5, 5.41) is 3.14. The Hall–Kier alpha value is -2.80. The maximum atomic E-state index is 13.0. The molecule has 1 amide bonds. The average Bonchev–Trinajstić information content (AvgIpc) is 3.10. The molecule has 1 unspecified atom stereocenters. The molecule has 7 heteroatoms. The summed E-state index contributed by atoms with van der Waals surface area (Å²) in [5.74, 6) is 0.333. The van der Waals surface area contributed by atoms with E-state index in [1.807, 2.05) is 38.1 Å². The Kier molecular flexibility index (Phi) is 5.58. The van der Waals surface area contributed by atoms with Crippen LogP contribution in [0.25, 0.3) is 11.4 Å². The van der Waals surface area contributed by atoms with Gasteiger partial charge in [0.15, 0.2) is 11.9 Å². The Balaban J connectivity index is 1.66. The molecular weight excluding hydrogens is 353 g/mol. The van der Waals surface area contributed by atoms with Crippen molar-refractivity contribution in [2.75, 3.05) is 5.32 Å². The highest BCUT2D eigenvalue weighted by Gasteiger charge is 2.20. The second kappa shape index (κ2) is 8.05. The Morgan fingerprint density at radius 1 is 1.19 bits per heavy atom. The monoisotopic (exact) mass is 371 g/mol. The fourth-order valence-electron chi connectivity index (χ4n) is 2.28. The smallest absolute Gasteiger partial charge is 0.267 e. The minimum Gasteiger partial charge on any atom is -0.481 e. The molecule has 5 nitrogen and oxygen atoms in total. The molecular formula is C19H18FN3O2S. The van der Waals surface area contributed by atoms with Gasteiger partial charge in [-0.25, -0.2) is 4.39 Å². The number of anilines is 1. The van der Waals surface area contributed by atoms with E-state index < -0.39 is 6.10 Å². The summed E-state index contributed by atoms with van der Waals surface area (Å²) in [6.07, 6.45) is -0.237. The van der Waals surface area contributed by atoms with E-state index in [4.69, 9.17) is 4.74 Å². The van der Waals surface area contributed by atoms with Crippen LogP contribution in [0.4, 0.5) is 9.52 Å². The third-order valence-electron chi connectivity index (χ3n) is 3.72. The SMILES string of the molecule is CCC(Oc1ccc(F)cc1)C(=O)Nc1nc(-c2ccc(C)cc2)ns1.